The van der Waals surface area contributed by atoms with Crippen molar-refractivity contribution in [3.63, 3.8) is 0 Å². The van der Waals surface area contributed by atoms with Gasteiger partial charge in [0.2, 0.25) is 0 Å². The van der Waals surface area contributed by atoms with E-state index in [1.165, 1.54) is 19.2 Å². The Morgan fingerprint density at radius 1 is 1.53 bits per heavy atom. The number of halogens is 1. The molecule has 0 aliphatic heterocycles. The molecule has 1 aliphatic rings. The van der Waals surface area contributed by atoms with E-state index in [9.17, 15) is 0 Å². The van der Waals surface area contributed by atoms with Crippen molar-refractivity contribution in [3.8, 4) is 12.3 Å². The Morgan fingerprint density at radius 3 is 2.94 bits per heavy atom. The minimum absolute atomic E-state index is 0.0946. The molecule has 2 heterocycles. The predicted octanol–water partition coefficient (Wildman–Crippen LogP) is 2.98. The highest BCUT2D eigenvalue weighted by molar-refractivity contribution is 6.34. The molecule has 1 fully saturated rings. The van der Waals surface area contributed by atoms with Crippen LogP contribution in [0, 0.1) is 25.2 Å². The summed E-state index contributed by atoms with van der Waals surface area (Å²) in [6.45, 7) is 2.01. The largest absolute Gasteiger partial charge is 0.317 e. The second-order valence-electron chi connectivity index (χ2n) is 4.53. The SMILES string of the molecule is C#CC(C1CC1)n1cc(C)c2c(Cl)ncnc21. The van der Waals surface area contributed by atoms with Crippen LogP contribution < -0.4 is 0 Å². The molecule has 0 N–H and O–H groups in total. The van der Waals surface area contributed by atoms with Crippen LogP contribution in [0.1, 0.15) is 24.4 Å². The molecule has 0 aromatic carbocycles. The number of aryl methyl sites for hydroxylation is 1. The van der Waals surface area contributed by atoms with E-state index in [4.69, 9.17) is 18.0 Å². The molecule has 0 amide bonds. The number of terminal acetylenes is 1. The highest BCUT2D eigenvalue weighted by Crippen LogP contribution is 2.41. The first kappa shape index (κ1) is 10.6. The van der Waals surface area contributed by atoms with Crippen molar-refractivity contribution in [1.29, 1.82) is 0 Å². The van der Waals surface area contributed by atoms with Crippen LogP contribution in [-0.2, 0) is 0 Å². The minimum atomic E-state index is 0.0946. The van der Waals surface area contributed by atoms with Gasteiger partial charge in [0.25, 0.3) is 0 Å². The summed E-state index contributed by atoms with van der Waals surface area (Å²) in [6, 6.07) is 0.0946. The number of nitrogens with zero attached hydrogens (tertiary/aromatic N) is 3. The topological polar surface area (TPSA) is 30.7 Å². The normalized spacial score (nSPS) is 17.0. The van der Waals surface area contributed by atoms with Gasteiger partial charge in [-0.05, 0) is 31.2 Å². The number of aromatic nitrogens is 3. The fourth-order valence-corrected chi connectivity index (χ4v) is 2.57. The van der Waals surface area contributed by atoms with E-state index < -0.39 is 0 Å². The first-order chi connectivity index (χ1) is 8.22. The maximum atomic E-state index is 6.10. The molecule has 86 valence electrons. The molecule has 2 aromatic rings. The molecule has 17 heavy (non-hydrogen) atoms. The van der Waals surface area contributed by atoms with Crippen molar-refractivity contribution in [3.05, 3.63) is 23.2 Å². The summed E-state index contributed by atoms with van der Waals surface area (Å²) in [7, 11) is 0. The summed E-state index contributed by atoms with van der Waals surface area (Å²) in [4.78, 5) is 8.33. The van der Waals surface area contributed by atoms with Crippen molar-refractivity contribution in [1.82, 2.24) is 14.5 Å². The van der Waals surface area contributed by atoms with Gasteiger partial charge in [0.05, 0.1) is 11.4 Å². The standard InChI is InChI=1S/C13H12ClN3/c1-3-10(9-4-5-9)17-6-8(2)11-12(14)15-7-16-13(11)17/h1,6-7,9-10H,4-5H2,2H3. The molecule has 0 spiro atoms. The van der Waals surface area contributed by atoms with Crippen LogP contribution in [0.2, 0.25) is 5.15 Å². The number of rotatable bonds is 2. The average molecular weight is 246 g/mol. The van der Waals surface area contributed by atoms with Gasteiger partial charge in [-0.3, -0.25) is 0 Å². The molecule has 0 saturated heterocycles. The molecular weight excluding hydrogens is 234 g/mol. The number of fused-ring (bicyclic) bond motifs is 1. The lowest BCUT2D eigenvalue weighted by Crippen LogP contribution is -2.08. The first-order valence-corrected chi connectivity index (χ1v) is 6.04. The van der Waals surface area contributed by atoms with Gasteiger partial charge in [0.15, 0.2) is 0 Å². The van der Waals surface area contributed by atoms with Gasteiger partial charge >= 0.3 is 0 Å². The van der Waals surface area contributed by atoms with Crippen molar-refractivity contribution < 1.29 is 0 Å². The summed E-state index contributed by atoms with van der Waals surface area (Å²) in [5.74, 6) is 3.45. The molecular formula is C13H12ClN3. The molecule has 1 atom stereocenters. The lowest BCUT2D eigenvalue weighted by molar-refractivity contribution is 0.568. The second kappa shape index (κ2) is 3.75. The highest BCUT2D eigenvalue weighted by atomic mass is 35.5. The Kier molecular flexibility index (Phi) is 2.34. The van der Waals surface area contributed by atoms with Crippen LogP contribution in [-0.4, -0.2) is 14.5 Å². The molecule has 2 aromatic heterocycles. The maximum Gasteiger partial charge on any atom is 0.146 e. The quantitative estimate of drug-likeness (QED) is 0.602. The zero-order valence-corrected chi connectivity index (χ0v) is 10.3. The van der Waals surface area contributed by atoms with E-state index in [0.29, 0.717) is 11.1 Å². The monoisotopic (exact) mass is 245 g/mol. The Morgan fingerprint density at radius 2 is 2.29 bits per heavy atom. The van der Waals surface area contributed by atoms with Crippen molar-refractivity contribution in [2.45, 2.75) is 25.8 Å². The lowest BCUT2D eigenvalue weighted by atomic mass is 10.2. The van der Waals surface area contributed by atoms with Gasteiger partial charge in [0, 0.05) is 6.20 Å². The summed E-state index contributed by atoms with van der Waals surface area (Å²) in [5.41, 5.74) is 1.92. The molecule has 4 heteroatoms. The number of hydrogen-bond donors (Lipinski definition) is 0. The third-order valence-electron chi connectivity index (χ3n) is 3.29. The second-order valence-corrected chi connectivity index (χ2v) is 4.89. The van der Waals surface area contributed by atoms with Crippen LogP contribution in [0.25, 0.3) is 11.0 Å². The highest BCUT2D eigenvalue weighted by Gasteiger charge is 2.32. The lowest BCUT2D eigenvalue weighted by Gasteiger charge is -2.12. The maximum absolute atomic E-state index is 6.10. The third kappa shape index (κ3) is 1.60. The van der Waals surface area contributed by atoms with E-state index in [1.54, 1.807) is 0 Å². The Bertz CT molecular complexity index is 619. The van der Waals surface area contributed by atoms with Crippen LogP contribution in [0.15, 0.2) is 12.5 Å². The zero-order chi connectivity index (χ0) is 12.0. The van der Waals surface area contributed by atoms with Crippen LogP contribution in [0.3, 0.4) is 0 Å². The summed E-state index contributed by atoms with van der Waals surface area (Å²) in [5, 5.41) is 1.41. The summed E-state index contributed by atoms with van der Waals surface area (Å²) < 4.78 is 2.07. The Hall–Kier alpha value is -1.53. The van der Waals surface area contributed by atoms with E-state index in [2.05, 4.69) is 20.5 Å². The van der Waals surface area contributed by atoms with Crippen molar-refractivity contribution in [2.75, 3.05) is 0 Å². The molecule has 3 nitrogen and oxygen atoms in total. The molecule has 0 radical (unpaired) electrons. The van der Waals surface area contributed by atoms with E-state index in [0.717, 1.165) is 16.6 Å². The van der Waals surface area contributed by atoms with Gasteiger partial charge in [-0.1, -0.05) is 17.5 Å². The van der Waals surface area contributed by atoms with Gasteiger partial charge in [-0.25, -0.2) is 9.97 Å². The fraction of sp³-hybridized carbons (Fsp3) is 0.385. The Labute approximate surface area is 105 Å². The van der Waals surface area contributed by atoms with Gasteiger partial charge in [-0.15, -0.1) is 6.42 Å². The predicted molar refractivity (Wildman–Crippen MR) is 67.9 cm³/mol. The van der Waals surface area contributed by atoms with Gasteiger partial charge in [-0.2, -0.15) is 0 Å². The van der Waals surface area contributed by atoms with Crippen LogP contribution in [0.4, 0.5) is 0 Å². The average Bonchev–Trinajstić information content (AvgIpc) is 3.07. The molecule has 3 rings (SSSR count). The smallest absolute Gasteiger partial charge is 0.146 e. The fourth-order valence-electron chi connectivity index (χ4n) is 2.29. The summed E-state index contributed by atoms with van der Waals surface area (Å²) >= 11 is 6.10. The van der Waals surface area contributed by atoms with Crippen LogP contribution >= 0.6 is 11.6 Å². The van der Waals surface area contributed by atoms with Gasteiger partial charge < -0.3 is 4.57 Å². The summed E-state index contributed by atoms with van der Waals surface area (Å²) in [6.07, 6.45) is 11.6. The molecule has 0 bridgehead atoms. The molecule has 1 saturated carbocycles. The van der Waals surface area contributed by atoms with Crippen molar-refractivity contribution in [2.24, 2.45) is 5.92 Å². The Balaban J connectivity index is 2.24. The zero-order valence-electron chi connectivity index (χ0n) is 9.52. The van der Waals surface area contributed by atoms with Crippen LogP contribution in [0.5, 0.6) is 0 Å². The third-order valence-corrected chi connectivity index (χ3v) is 3.58. The molecule has 1 unspecified atom stereocenters. The first-order valence-electron chi connectivity index (χ1n) is 5.66. The number of hydrogen-bond acceptors (Lipinski definition) is 2. The molecule has 1 aliphatic carbocycles. The minimum Gasteiger partial charge on any atom is -0.317 e. The van der Waals surface area contributed by atoms with Gasteiger partial charge in [0.1, 0.15) is 17.1 Å². The van der Waals surface area contributed by atoms with E-state index in [1.807, 2.05) is 13.1 Å². The van der Waals surface area contributed by atoms with Crippen molar-refractivity contribution >= 4 is 22.6 Å². The van der Waals surface area contributed by atoms with E-state index in [-0.39, 0.29) is 6.04 Å². The van der Waals surface area contributed by atoms with E-state index >= 15 is 0 Å².